The second-order valence-corrected chi connectivity index (χ2v) is 6.61. The van der Waals surface area contributed by atoms with Gasteiger partial charge in [-0.1, -0.05) is 0 Å². The molecule has 3 aromatic heterocycles. The van der Waals surface area contributed by atoms with Gasteiger partial charge in [-0.15, -0.1) is 5.06 Å². The average molecular weight is 340 g/mol. The summed E-state index contributed by atoms with van der Waals surface area (Å²) in [5, 5.41) is 14.9. The fourth-order valence-corrected chi connectivity index (χ4v) is 3.32. The zero-order chi connectivity index (χ0) is 17.4. The lowest BCUT2D eigenvalue weighted by molar-refractivity contribution is -0.0821. The Balaban J connectivity index is 1.60. The molecule has 1 atom stereocenters. The van der Waals surface area contributed by atoms with E-state index in [-0.39, 0.29) is 12.0 Å². The Morgan fingerprint density at radius 3 is 3.12 bits per heavy atom. The van der Waals surface area contributed by atoms with Crippen molar-refractivity contribution in [1.29, 1.82) is 0 Å². The molecular formula is C17H20N6O2. The third-order valence-electron chi connectivity index (χ3n) is 4.40. The lowest BCUT2D eigenvalue weighted by Crippen LogP contribution is -2.36. The van der Waals surface area contributed by atoms with Crippen LogP contribution in [-0.4, -0.2) is 50.5 Å². The van der Waals surface area contributed by atoms with E-state index in [1.807, 2.05) is 19.9 Å². The van der Waals surface area contributed by atoms with E-state index in [0.29, 0.717) is 13.1 Å². The standard InChI is InChI=1S/C17H20N6O2/c1-10(2)21-17(24)25-23-6-4-11(9-23)15-14-12(8-20-22-15)7-19-16-13(14)3-5-18-16/h3,5,7-8,10-11,22H,4,6,9H2,1-2H3,(H,21,24). The summed E-state index contributed by atoms with van der Waals surface area (Å²) in [6, 6.07) is 2.02. The molecule has 8 heteroatoms. The Hall–Kier alpha value is -2.74. The first-order valence-electron chi connectivity index (χ1n) is 8.42. The molecule has 1 saturated heterocycles. The number of carbonyl (C=O) groups excluding carboxylic acids is 1. The Morgan fingerprint density at radius 2 is 2.28 bits per heavy atom. The number of aromatic nitrogens is 4. The molecule has 0 aromatic carbocycles. The second kappa shape index (κ2) is 6.29. The van der Waals surface area contributed by atoms with Crippen LogP contribution < -0.4 is 5.32 Å². The molecule has 1 unspecified atom stereocenters. The average Bonchev–Trinajstić information content (AvgIpc) is 3.22. The predicted molar refractivity (Wildman–Crippen MR) is 92.9 cm³/mol. The number of pyridine rings is 1. The molecule has 130 valence electrons. The van der Waals surface area contributed by atoms with Crippen molar-refractivity contribution in [2.45, 2.75) is 32.2 Å². The van der Waals surface area contributed by atoms with Crippen LogP contribution in [0.2, 0.25) is 0 Å². The van der Waals surface area contributed by atoms with Gasteiger partial charge in [0, 0.05) is 59.3 Å². The number of nitrogens with one attached hydrogen (secondary N) is 2. The Labute approximate surface area is 144 Å². The summed E-state index contributed by atoms with van der Waals surface area (Å²) in [5.41, 5.74) is 1.77. The third-order valence-corrected chi connectivity index (χ3v) is 4.40. The number of hydroxylamine groups is 2. The summed E-state index contributed by atoms with van der Waals surface area (Å²) in [7, 11) is 0. The van der Waals surface area contributed by atoms with Crippen LogP contribution >= 0.6 is 0 Å². The number of nitrogens with zero attached hydrogens (tertiary/aromatic N) is 4. The Kier molecular flexibility index (Phi) is 3.96. The van der Waals surface area contributed by atoms with Crippen molar-refractivity contribution in [2.24, 2.45) is 0 Å². The molecule has 0 spiro atoms. The van der Waals surface area contributed by atoms with Gasteiger partial charge in [0.15, 0.2) is 5.65 Å². The summed E-state index contributed by atoms with van der Waals surface area (Å²) in [6.45, 7) is 5.12. The molecule has 4 rings (SSSR count). The molecule has 2 N–H and O–H groups in total. The summed E-state index contributed by atoms with van der Waals surface area (Å²) < 4.78 is 0. The van der Waals surface area contributed by atoms with Crippen molar-refractivity contribution in [3.05, 3.63) is 30.4 Å². The minimum Gasteiger partial charge on any atom is -0.351 e. The van der Waals surface area contributed by atoms with Crippen LogP contribution in [0.1, 0.15) is 31.9 Å². The van der Waals surface area contributed by atoms with Crippen LogP contribution in [-0.2, 0) is 4.84 Å². The minimum absolute atomic E-state index is 0.0483. The van der Waals surface area contributed by atoms with Gasteiger partial charge in [-0.25, -0.2) is 14.8 Å². The van der Waals surface area contributed by atoms with Gasteiger partial charge in [-0.3, -0.25) is 5.10 Å². The van der Waals surface area contributed by atoms with E-state index in [1.54, 1.807) is 23.7 Å². The lowest BCUT2D eigenvalue weighted by atomic mass is 9.98. The molecule has 0 radical (unpaired) electrons. The van der Waals surface area contributed by atoms with E-state index in [0.717, 1.165) is 33.9 Å². The highest BCUT2D eigenvalue weighted by Gasteiger charge is 2.29. The van der Waals surface area contributed by atoms with Gasteiger partial charge in [-0.05, 0) is 26.3 Å². The zero-order valence-corrected chi connectivity index (χ0v) is 14.2. The van der Waals surface area contributed by atoms with Crippen LogP contribution in [0, 0.1) is 0 Å². The quantitative estimate of drug-likeness (QED) is 0.760. The van der Waals surface area contributed by atoms with Crippen molar-refractivity contribution in [3.63, 3.8) is 0 Å². The van der Waals surface area contributed by atoms with Crippen LogP contribution in [0.15, 0.2) is 24.7 Å². The van der Waals surface area contributed by atoms with Crippen LogP contribution in [0.3, 0.4) is 0 Å². The number of hydrogen-bond acceptors (Lipinski definition) is 6. The molecule has 0 saturated carbocycles. The van der Waals surface area contributed by atoms with Gasteiger partial charge in [0.2, 0.25) is 0 Å². The van der Waals surface area contributed by atoms with Gasteiger partial charge in [0.1, 0.15) is 0 Å². The maximum absolute atomic E-state index is 11.8. The number of hydrogen-bond donors (Lipinski definition) is 2. The van der Waals surface area contributed by atoms with Crippen molar-refractivity contribution >= 4 is 27.9 Å². The van der Waals surface area contributed by atoms with E-state index >= 15 is 0 Å². The summed E-state index contributed by atoms with van der Waals surface area (Å²) in [6.07, 6.45) is 5.81. The topological polar surface area (TPSA) is 96.0 Å². The smallest absolute Gasteiger partial charge is 0.351 e. The van der Waals surface area contributed by atoms with E-state index in [9.17, 15) is 4.79 Å². The molecular weight excluding hydrogens is 320 g/mol. The maximum atomic E-state index is 11.8. The Morgan fingerprint density at radius 1 is 1.40 bits per heavy atom. The minimum atomic E-state index is -0.414. The van der Waals surface area contributed by atoms with E-state index in [4.69, 9.17) is 4.84 Å². The van der Waals surface area contributed by atoms with Crippen molar-refractivity contribution < 1.29 is 9.63 Å². The summed E-state index contributed by atoms with van der Waals surface area (Å²) in [4.78, 5) is 25.8. The SMILES string of the molecule is CC(C)NC(=O)ON1CCC(c2[nH]ncc3cnc4nccc4c23)C1. The molecule has 25 heavy (non-hydrogen) atoms. The fraction of sp³-hybridized carbons (Fsp3) is 0.412. The lowest BCUT2D eigenvalue weighted by Gasteiger charge is -2.17. The third kappa shape index (κ3) is 3.00. The number of fused-ring (bicyclic) bond motifs is 3. The van der Waals surface area contributed by atoms with Crippen LogP contribution in [0.25, 0.3) is 21.8 Å². The van der Waals surface area contributed by atoms with Gasteiger partial charge >= 0.3 is 6.09 Å². The number of aromatic amines is 1. The highest BCUT2D eigenvalue weighted by molar-refractivity contribution is 6.05. The molecule has 4 heterocycles. The molecule has 1 aliphatic heterocycles. The highest BCUT2D eigenvalue weighted by atomic mass is 16.7. The largest absolute Gasteiger partial charge is 0.426 e. The first-order valence-corrected chi connectivity index (χ1v) is 8.42. The summed E-state index contributed by atoms with van der Waals surface area (Å²) in [5.74, 6) is 0.198. The van der Waals surface area contributed by atoms with Gasteiger partial charge in [0.25, 0.3) is 0 Å². The fourth-order valence-electron chi connectivity index (χ4n) is 3.32. The Bertz CT molecular complexity index is 922. The van der Waals surface area contributed by atoms with Crippen molar-refractivity contribution in [1.82, 2.24) is 30.5 Å². The molecule has 0 aliphatic carbocycles. The van der Waals surface area contributed by atoms with E-state index in [1.165, 1.54) is 0 Å². The number of rotatable bonds is 3. The molecule has 3 aromatic rings. The summed E-state index contributed by atoms with van der Waals surface area (Å²) >= 11 is 0. The molecule has 1 amide bonds. The highest BCUT2D eigenvalue weighted by Crippen LogP contribution is 2.33. The van der Waals surface area contributed by atoms with Gasteiger partial charge in [0.05, 0.1) is 6.20 Å². The molecule has 0 bridgehead atoms. The first-order chi connectivity index (χ1) is 12.1. The van der Waals surface area contributed by atoms with E-state index < -0.39 is 6.09 Å². The molecule has 1 fully saturated rings. The maximum Gasteiger partial charge on any atom is 0.426 e. The van der Waals surface area contributed by atoms with Crippen LogP contribution in [0.5, 0.6) is 0 Å². The monoisotopic (exact) mass is 340 g/mol. The number of H-pyrrole nitrogens is 1. The number of amides is 1. The van der Waals surface area contributed by atoms with E-state index in [2.05, 4.69) is 25.5 Å². The second-order valence-electron chi connectivity index (χ2n) is 6.61. The molecule has 1 aliphatic rings. The van der Waals surface area contributed by atoms with Crippen molar-refractivity contribution in [2.75, 3.05) is 13.1 Å². The zero-order valence-electron chi connectivity index (χ0n) is 14.2. The first kappa shape index (κ1) is 15.8. The normalized spacial score (nSPS) is 18.3. The predicted octanol–water partition coefficient (Wildman–Crippen LogP) is 2.34. The van der Waals surface area contributed by atoms with Gasteiger partial charge in [-0.2, -0.15) is 5.10 Å². The van der Waals surface area contributed by atoms with Crippen LogP contribution in [0.4, 0.5) is 4.79 Å². The van der Waals surface area contributed by atoms with Crippen molar-refractivity contribution in [3.8, 4) is 0 Å². The van der Waals surface area contributed by atoms with Gasteiger partial charge < -0.3 is 10.2 Å². The molecule has 8 nitrogen and oxygen atoms in total. The number of carbonyl (C=O) groups is 1.